The zero-order valence-electron chi connectivity index (χ0n) is 7.65. The summed E-state index contributed by atoms with van der Waals surface area (Å²) in [5.41, 5.74) is 0. The van der Waals surface area contributed by atoms with Crippen LogP contribution in [0.15, 0.2) is 11.6 Å². The molecule has 0 radical (unpaired) electrons. The van der Waals surface area contributed by atoms with Crippen molar-refractivity contribution >= 4 is 11.6 Å². The molecule has 0 spiro atoms. The highest BCUT2D eigenvalue weighted by molar-refractivity contribution is 6.29. The molecule has 0 amide bonds. The van der Waals surface area contributed by atoms with E-state index < -0.39 is 0 Å². The Bertz CT molecular complexity index is 123. The van der Waals surface area contributed by atoms with E-state index in [1.165, 1.54) is 6.42 Å². The van der Waals surface area contributed by atoms with Gasteiger partial charge in [0.15, 0.2) is 0 Å². The van der Waals surface area contributed by atoms with E-state index in [-0.39, 0.29) is 0 Å². The van der Waals surface area contributed by atoms with Crippen molar-refractivity contribution in [3.63, 3.8) is 0 Å². The Hall–Kier alpha value is -0.0100. The maximum atomic E-state index is 5.61. The number of halogens is 1. The summed E-state index contributed by atoms with van der Waals surface area (Å²) >= 11 is 5.61. The van der Waals surface area contributed by atoms with Gasteiger partial charge in [0.2, 0.25) is 0 Å². The molecular weight excluding hydrogens is 158 g/mol. The summed E-state index contributed by atoms with van der Waals surface area (Å²) < 4.78 is 0. The minimum atomic E-state index is 0.524. The molecule has 0 saturated carbocycles. The van der Waals surface area contributed by atoms with Crippen LogP contribution < -0.4 is 5.32 Å². The van der Waals surface area contributed by atoms with Crippen LogP contribution in [0, 0.1) is 5.92 Å². The summed E-state index contributed by atoms with van der Waals surface area (Å²) in [7, 11) is 0. The Morgan fingerprint density at radius 3 is 2.45 bits per heavy atom. The SMILES string of the molecule is C=C(Cl)CNC(C)C(C)CC. The molecule has 0 aliphatic heterocycles. The fraction of sp³-hybridized carbons (Fsp3) is 0.778. The Labute approximate surface area is 74.8 Å². The number of rotatable bonds is 5. The maximum Gasteiger partial charge on any atom is 0.0310 e. The molecule has 1 nitrogen and oxygen atoms in total. The molecule has 11 heavy (non-hydrogen) atoms. The van der Waals surface area contributed by atoms with Gasteiger partial charge in [-0.1, -0.05) is 38.4 Å². The third-order valence-electron chi connectivity index (χ3n) is 2.11. The average molecular weight is 176 g/mol. The third-order valence-corrected chi connectivity index (χ3v) is 2.25. The van der Waals surface area contributed by atoms with Crippen LogP contribution in [-0.4, -0.2) is 12.6 Å². The van der Waals surface area contributed by atoms with Crippen molar-refractivity contribution in [2.24, 2.45) is 5.92 Å². The molecular formula is C9H18ClN. The zero-order valence-corrected chi connectivity index (χ0v) is 8.41. The van der Waals surface area contributed by atoms with Gasteiger partial charge in [-0.2, -0.15) is 0 Å². The van der Waals surface area contributed by atoms with Gasteiger partial charge in [-0.05, 0) is 12.8 Å². The highest BCUT2D eigenvalue weighted by Gasteiger charge is 2.08. The predicted octanol–water partition coefficient (Wildman–Crippen LogP) is 2.76. The normalized spacial score (nSPS) is 16.0. The zero-order chi connectivity index (χ0) is 8.85. The lowest BCUT2D eigenvalue weighted by Gasteiger charge is -2.19. The molecule has 0 aliphatic carbocycles. The minimum absolute atomic E-state index is 0.524. The van der Waals surface area contributed by atoms with Gasteiger partial charge in [-0.3, -0.25) is 0 Å². The van der Waals surface area contributed by atoms with E-state index in [9.17, 15) is 0 Å². The van der Waals surface area contributed by atoms with Gasteiger partial charge in [-0.15, -0.1) is 0 Å². The Balaban J connectivity index is 3.51. The smallest absolute Gasteiger partial charge is 0.0310 e. The molecule has 0 aromatic rings. The summed E-state index contributed by atoms with van der Waals surface area (Å²) in [6.07, 6.45) is 1.20. The lowest BCUT2D eigenvalue weighted by molar-refractivity contribution is 0.403. The Morgan fingerprint density at radius 2 is 2.09 bits per heavy atom. The summed E-state index contributed by atoms with van der Waals surface area (Å²) in [5.74, 6) is 0.700. The van der Waals surface area contributed by atoms with Gasteiger partial charge in [0, 0.05) is 17.6 Å². The largest absolute Gasteiger partial charge is 0.309 e. The molecule has 0 bridgehead atoms. The summed E-state index contributed by atoms with van der Waals surface area (Å²) in [6.45, 7) is 10.9. The van der Waals surface area contributed by atoms with Gasteiger partial charge in [0.05, 0.1) is 0 Å². The molecule has 0 fully saturated rings. The standard InChI is InChI=1S/C9H18ClN/c1-5-7(2)9(4)11-6-8(3)10/h7,9,11H,3,5-6H2,1-2,4H3. The van der Waals surface area contributed by atoms with Crippen molar-refractivity contribution in [2.75, 3.05) is 6.54 Å². The number of hydrogen-bond donors (Lipinski definition) is 1. The maximum absolute atomic E-state index is 5.61. The van der Waals surface area contributed by atoms with Gasteiger partial charge in [0.25, 0.3) is 0 Å². The molecule has 0 saturated heterocycles. The number of hydrogen-bond acceptors (Lipinski definition) is 1. The molecule has 2 atom stereocenters. The summed E-state index contributed by atoms with van der Waals surface area (Å²) in [6, 6.07) is 0.524. The summed E-state index contributed by atoms with van der Waals surface area (Å²) in [5, 5.41) is 3.98. The van der Waals surface area contributed by atoms with Crippen LogP contribution in [0.4, 0.5) is 0 Å². The van der Waals surface area contributed by atoms with Crippen molar-refractivity contribution in [3.8, 4) is 0 Å². The van der Waals surface area contributed by atoms with Crippen LogP contribution in [-0.2, 0) is 0 Å². The third kappa shape index (κ3) is 5.28. The van der Waals surface area contributed by atoms with Crippen LogP contribution in [0.2, 0.25) is 0 Å². The topological polar surface area (TPSA) is 12.0 Å². The van der Waals surface area contributed by atoms with Crippen molar-refractivity contribution < 1.29 is 0 Å². The molecule has 2 unspecified atom stereocenters. The van der Waals surface area contributed by atoms with E-state index >= 15 is 0 Å². The van der Waals surface area contributed by atoms with E-state index in [1.807, 2.05) is 0 Å². The van der Waals surface area contributed by atoms with Crippen LogP contribution in [0.5, 0.6) is 0 Å². The highest BCUT2D eigenvalue weighted by atomic mass is 35.5. The average Bonchev–Trinajstić information content (AvgIpc) is 1.98. The van der Waals surface area contributed by atoms with Crippen LogP contribution in [0.3, 0.4) is 0 Å². The van der Waals surface area contributed by atoms with Gasteiger partial charge in [0.1, 0.15) is 0 Å². The first-order chi connectivity index (χ1) is 5.07. The summed E-state index contributed by atoms with van der Waals surface area (Å²) in [4.78, 5) is 0. The fourth-order valence-corrected chi connectivity index (χ4v) is 0.904. The predicted molar refractivity (Wildman–Crippen MR) is 51.9 cm³/mol. The Morgan fingerprint density at radius 1 is 1.55 bits per heavy atom. The van der Waals surface area contributed by atoms with E-state index in [1.54, 1.807) is 0 Å². The van der Waals surface area contributed by atoms with Gasteiger partial charge >= 0.3 is 0 Å². The first-order valence-corrected chi connectivity index (χ1v) is 4.52. The van der Waals surface area contributed by atoms with Crippen LogP contribution >= 0.6 is 11.6 Å². The molecule has 2 heteroatoms. The molecule has 0 aromatic carbocycles. The van der Waals surface area contributed by atoms with E-state index in [0.717, 1.165) is 0 Å². The van der Waals surface area contributed by atoms with Gasteiger partial charge in [-0.25, -0.2) is 0 Å². The first-order valence-electron chi connectivity index (χ1n) is 4.14. The van der Waals surface area contributed by atoms with Crippen molar-refractivity contribution in [1.82, 2.24) is 5.32 Å². The number of nitrogens with one attached hydrogen (secondary N) is 1. The van der Waals surface area contributed by atoms with Crippen molar-refractivity contribution in [3.05, 3.63) is 11.6 Å². The van der Waals surface area contributed by atoms with Crippen LogP contribution in [0.1, 0.15) is 27.2 Å². The van der Waals surface area contributed by atoms with E-state index in [0.29, 0.717) is 23.5 Å². The molecule has 0 aromatic heterocycles. The second-order valence-corrected chi connectivity index (χ2v) is 3.61. The monoisotopic (exact) mass is 175 g/mol. The fourth-order valence-electron chi connectivity index (χ4n) is 0.826. The minimum Gasteiger partial charge on any atom is -0.309 e. The highest BCUT2D eigenvalue weighted by Crippen LogP contribution is 2.07. The molecule has 0 aliphatic rings. The second-order valence-electron chi connectivity index (χ2n) is 3.07. The van der Waals surface area contributed by atoms with E-state index in [4.69, 9.17) is 11.6 Å². The van der Waals surface area contributed by atoms with Crippen LogP contribution in [0.25, 0.3) is 0 Å². The first kappa shape index (κ1) is 11.0. The lowest BCUT2D eigenvalue weighted by atomic mass is 10.0. The van der Waals surface area contributed by atoms with E-state index in [2.05, 4.69) is 32.7 Å². The molecule has 1 N–H and O–H groups in total. The quantitative estimate of drug-likeness (QED) is 0.678. The van der Waals surface area contributed by atoms with Crippen molar-refractivity contribution in [1.29, 1.82) is 0 Å². The van der Waals surface area contributed by atoms with Gasteiger partial charge < -0.3 is 5.32 Å². The van der Waals surface area contributed by atoms with Crippen molar-refractivity contribution in [2.45, 2.75) is 33.2 Å². The second kappa shape index (κ2) is 5.62. The molecule has 0 rings (SSSR count). The molecule has 0 heterocycles. The Kier molecular flexibility index (Phi) is 5.61. The lowest BCUT2D eigenvalue weighted by Crippen LogP contribution is -2.32. The molecule has 66 valence electrons.